The van der Waals surface area contributed by atoms with Crippen LogP contribution in [0.4, 0.5) is 8.78 Å². The van der Waals surface area contributed by atoms with Crippen molar-refractivity contribution in [3.63, 3.8) is 0 Å². The number of benzene rings is 1. The molecule has 0 unspecified atom stereocenters. The van der Waals surface area contributed by atoms with Crippen LogP contribution < -0.4 is 10.1 Å². The Labute approximate surface area is 116 Å². The summed E-state index contributed by atoms with van der Waals surface area (Å²) in [5.74, 6) is -1.29. The standard InChI is InChI=1S/C15H16F2N2O/c1-10(2)18-9-11-4-3-5-15(19-11)20-12-6-7-13(16)14(17)8-12/h3-8,10,18H,9H2,1-2H3. The molecule has 20 heavy (non-hydrogen) atoms. The maximum absolute atomic E-state index is 13.1. The second kappa shape index (κ2) is 6.43. The minimum absolute atomic E-state index is 0.213. The van der Waals surface area contributed by atoms with Gasteiger partial charge < -0.3 is 10.1 Å². The maximum Gasteiger partial charge on any atom is 0.219 e. The third-order valence-electron chi connectivity index (χ3n) is 2.59. The van der Waals surface area contributed by atoms with E-state index in [1.165, 1.54) is 6.07 Å². The molecule has 1 aromatic heterocycles. The Balaban J connectivity index is 2.08. The number of ether oxygens (including phenoxy) is 1. The van der Waals surface area contributed by atoms with Crippen LogP contribution in [-0.2, 0) is 6.54 Å². The summed E-state index contributed by atoms with van der Waals surface area (Å²) in [5.41, 5.74) is 0.818. The molecule has 1 aromatic carbocycles. The Kier molecular flexibility index (Phi) is 4.63. The van der Waals surface area contributed by atoms with Crippen LogP contribution in [0.3, 0.4) is 0 Å². The van der Waals surface area contributed by atoms with Crippen LogP contribution in [-0.4, -0.2) is 11.0 Å². The molecule has 0 saturated heterocycles. The highest BCUT2D eigenvalue weighted by Gasteiger charge is 2.06. The molecule has 3 nitrogen and oxygen atoms in total. The number of halogens is 2. The number of aromatic nitrogens is 1. The summed E-state index contributed by atoms with van der Waals surface area (Å²) in [6.07, 6.45) is 0. The van der Waals surface area contributed by atoms with E-state index in [0.29, 0.717) is 18.5 Å². The van der Waals surface area contributed by atoms with Crippen LogP contribution in [0.1, 0.15) is 19.5 Å². The molecule has 0 saturated carbocycles. The first-order valence-corrected chi connectivity index (χ1v) is 6.37. The van der Waals surface area contributed by atoms with Gasteiger partial charge in [0, 0.05) is 24.7 Å². The quantitative estimate of drug-likeness (QED) is 0.906. The first-order chi connectivity index (χ1) is 9.54. The van der Waals surface area contributed by atoms with Gasteiger partial charge in [0.15, 0.2) is 11.6 Å². The third kappa shape index (κ3) is 3.99. The van der Waals surface area contributed by atoms with Crippen molar-refractivity contribution in [1.29, 1.82) is 0 Å². The average Bonchev–Trinajstić information content (AvgIpc) is 2.41. The van der Waals surface area contributed by atoms with Crippen LogP contribution in [0.5, 0.6) is 11.6 Å². The third-order valence-corrected chi connectivity index (χ3v) is 2.59. The van der Waals surface area contributed by atoms with Crippen LogP contribution in [0, 0.1) is 11.6 Å². The molecular formula is C15H16F2N2O. The Hall–Kier alpha value is -2.01. The first kappa shape index (κ1) is 14.4. The molecule has 0 bridgehead atoms. The first-order valence-electron chi connectivity index (χ1n) is 6.37. The molecule has 0 aliphatic carbocycles. The Morgan fingerprint density at radius 2 is 1.95 bits per heavy atom. The number of nitrogens with zero attached hydrogens (tertiary/aromatic N) is 1. The van der Waals surface area contributed by atoms with Crippen molar-refractivity contribution in [2.24, 2.45) is 0 Å². The van der Waals surface area contributed by atoms with E-state index in [4.69, 9.17) is 4.74 Å². The van der Waals surface area contributed by atoms with Crippen molar-refractivity contribution in [2.75, 3.05) is 0 Å². The van der Waals surface area contributed by atoms with Crippen LogP contribution in [0.15, 0.2) is 36.4 Å². The average molecular weight is 278 g/mol. The number of nitrogens with one attached hydrogen (secondary N) is 1. The zero-order chi connectivity index (χ0) is 14.5. The highest BCUT2D eigenvalue weighted by Crippen LogP contribution is 2.21. The van der Waals surface area contributed by atoms with Crippen molar-refractivity contribution in [3.05, 3.63) is 53.7 Å². The molecule has 0 aliphatic heterocycles. The normalized spacial score (nSPS) is 10.8. The molecule has 1 N–H and O–H groups in total. The molecule has 0 fully saturated rings. The van der Waals surface area contributed by atoms with Gasteiger partial charge in [-0.15, -0.1) is 0 Å². The fourth-order valence-corrected chi connectivity index (χ4v) is 1.58. The molecule has 0 atom stereocenters. The SMILES string of the molecule is CC(C)NCc1cccc(Oc2ccc(F)c(F)c2)n1. The Morgan fingerprint density at radius 3 is 2.65 bits per heavy atom. The van der Waals surface area contributed by atoms with Gasteiger partial charge in [-0.1, -0.05) is 19.9 Å². The van der Waals surface area contributed by atoms with Gasteiger partial charge in [0.25, 0.3) is 0 Å². The number of hydrogen-bond donors (Lipinski definition) is 1. The molecule has 0 radical (unpaired) electrons. The van der Waals surface area contributed by atoms with E-state index in [2.05, 4.69) is 10.3 Å². The fourth-order valence-electron chi connectivity index (χ4n) is 1.58. The van der Waals surface area contributed by atoms with Gasteiger partial charge in [-0.3, -0.25) is 0 Å². The van der Waals surface area contributed by atoms with Crippen molar-refractivity contribution >= 4 is 0 Å². The maximum atomic E-state index is 13.1. The number of hydrogen-bond acceptors (Lipinski definition) is 3. The number of pyridine rings is 1. The smallest absolute Gasteiger partial charge is 0.219 e. The summed E-state index contributed by atoms with van der Waals surface area (Å²) >= 11 is 0. The van der Waals surface area contributed by atoms with Crippen LogP contribution in [0.2, 0.25) is 0 Å². The van der Waals surface area contributed by atoms with Gasteiger partial charge in [-0.2, -0.15) is 0 Å². The summed E-state index contributed by atoms with van der Waals surface area (Å²) in [6.45, 7) is 4.70. The molecule has 0 spiro atoms. The summed E-state index contributed by atoms with van der Waals surface area (Å²) < 4.78 is 31.3. The van der Waals surface area contributed by atoms with Gasteiger partial charge in [-0.25, -0.2) is 13.8 Å². The highest BCUT2D eigenvalue weighted by atomic mass is 19.2. The lowest BCUT2D eigenvalue weighted by Gasteiger charge is -2.09. The molecular weight excluding hydrogens is 262 g/mol. The van der Waals surface area contributed by atoms with Crippen molar-refractivity contribution in [2.45, 2.75) is 26.4 Å². The minimum atomic E-state index is -0.944. The lowest BCUT2D eigenvalue weighted by Crippen LogP contribution is -2.22. The molecule has 5 heteroatoms. The zero-order valence-electron chi connectivity index (χ0n) is 11.4. The van der Waals surface area contributed by atoms with E-state index in [1.807, 2.05) is 19.9 Å². The van der Waals surface area contributed by atoms with E-state index < -0.39 is 11.6 Å². The second-order valence-corrected chi connectivity index (χ2v) is 4.68. The molecule has 0 amide bonds. The Bertz CT molecular complexity index is 588. The van der Waals surface area contributed by atoms with E-state index in [9.17, 15) is 8.78 Å². The van der Waals surface area contributed by atoms with Crippen molar-refractivity contribution in [1.82, 2.24) is 10.3 Å². The molecule has 2 aromatic rings. The molecule has 0 aliphatic rings. The van der Waals surface area contributed by atoms with E-state index >= 15 is 0 Å². The van der Waals surface area contributed by atoms with Crippen LogP contribution in [0.25, 0.3) is 0 Å². The summed E-state index contributed by atoms with van der Waals surface area (Å²) in [7, 11) is 0. The predicted octanol–water partition coefficient (Wildman–Crippen LogP) is 3.65. The lowest BCUT2D eigenvalue weighted by atomic mass is 10.3. The van der Waals surface area contributed by atoms with Gasteiger partial charge in [0.1, 0.15) is 5.75 Å². The summed E-state index contributed by atoms with van der Waals surface area (Å²) in [5, 5.41) is 3.24. The topological polar surface area (TPSA) is 34.1 Å². The second-order valence-electron chi connectivity index (χ2n) is 4.68. The van der Waals surface area contributed by atoms with E-state index in [-0.39, 0.29) is 5.75 Å². The predicted molar refractivity (Wildman–Crippen MR) is 72.6 cm³/mol. The molecule has 1 heterocycles. The van der Waals surface area contributed by atoms with Crippen molar-refractivity contribution in [3.8, 4) is 11.6 Å². The Morgan fingerprint density at radius 1 is 1.15 bits per heavy atom. The summed E-state index contributed by atoms with van der Waals surface area (Å²) in [6, 6.07) is 9.07. The molecule has 106 valence electrons. The molecule has 2 rings (SSSR count). The van der Waals surface area contributed by atoms with E-state index in [0.717, 1.165) is 17.8 Å². The fraction of sp³-hybridized carbons (Fsp3) is 0.267. The zero-order valence-corrected chi connectivity index (χ0v) is 11.4. The van der Waals surface area contributed by atoms with Gasteiger partial charge in [-0.05, 0) is 18.2 Å². The minimum Gasteiger partial charge on any atom is -0.439 e. The highest BCUT2D eigenvalue weighted by molar-refractivity contribution is 5.28. The largest absolute Gasteiger partial charge is 0.439 e. The van der Waals surface area contributed by atoms with Gasteiger partial charge >= 0.3 is 0 Å². The van der Waals surface area contributed by atoms with E-state index in [1.54, 1.807) is 12.1 Å². The van der Waals surface area contributed by atoms with Gasteiger partial charge in [0.2, 0.25) is 5.88 Å². The monoisotopic (exact) mass is 278 g/mol. The summed E-state index contributed by atoms with van der Waals surface area (Å²) in [4.78, 5) is 4.29. The lowest BCUT2D eigenvalue weighted by molar-refractivity contribution is 0.444. The number of rotatable bonds is 5. The van der Waals surface area contributed by atoms with Gasteiger partial charge in [0.05, 0.1) is 5.69 Å². The van der Waals surface area contributed by atoms with Crippen LogP contribution >= 0.6 is 0 Å². The van der Waals surface area contributed by atoms with Crippen molar-refractivity contribution < 1.29 is 13.5 Å².